The summed E-state index contributed by atoms with van der Waals surface area (Å²) in [6.45, 7) is 5.56. The second kappa shape index (κ2) is 6.99. The molecule has 0 saturated carbocycles. The molecule has 1 aromatic rings. The highest BCUT2D eigenvalue weighted by atomic mass is 19.4. The van der Waals surface area contributed by atoms with Gasteiger partial charge in [0.1, 0.15) is 5.69 Å². The molecule has 0 bridgehead atoms. The van der Waals surface area contributed by atoms with Crippen LogP contribution in [-0.4, -0.2) is 28.9 Å². The summed E-state index contributed by atoms with van der Waals surface area (Å²) < 4.78 is 41.1. The lowest BCUT2D eigenvalue weighted by molar-refractivity contribution is -0.155. The van der Waals surface area contributed by atoms with E-state index in [0.717, 1.165) is 6.07 Å². The van der Waals surface area contributed by atoms with Crippen LogP contribution in [0.15, 0.2) is 10.6 Å². The molecule has 0 aliphatic rings. The lowest BCUT2D eigenvalue weighted by Gasteiger charge is -2.26. The molecule has 0 aromatic carbocycles. The maximum absolute atomic E-state index is 12.3. The van der Waals surface area contributed by atoms with Gasteiger partial charge in [0.25, 0.3) is 0 Å². The number of carbonyl (C=O) groups is 1. The molecular weight excluding hydrogens is 303 g/mol. The summed E-state index contributed by atoms with van der Waals surface area (Å²) >= 11 is 0. The number of aromatic nitrogens is 1. The number of nitrogens with one attached hydrogen (secondary N) is 2. The number of aliphatic hydroxyl groups excluding tert-OH is 1. The summed E-state index contributed by atoms with van der Waals surface area (Å²) in [4.78, 5) is 11.6. The lowest BCUT2D eigenvalue weighted by atomic mass is 9.87. The molecule has 1 heterocycles. The minimum Gasteiger partial charge on any atom is -0.393 e. The predicted octanol–water partition coefficient (Wildman–Crippen LogP) is 2.29. The second-order valence-electron chi connectivity index (χ2n) is 5.93. The lowest BCUT2D eigenvalue weighted by Crippen LogP contribution is -2.41. The fourth-order valence-corrected chi connectivity index (χ4v) is 1.95. The molecule has 3 N–H and O–H groups in total. The number of rotatable bonds is 6. The van der Waals surface area contributed by atoms with Crippen LogP contribution in [0, 0.1) is 5.41 Å². The Morgan fingerprint density at radius 3 is 2.55 bits per heavy atom. The van der Waals surface area contributed by atoms with Crippen LogP contribution in [-0.2, 0) is 12.7 Å². The molecule has 0 radical (unpaired) electrons. The van der Waals surface area contributed by atoms with Gasteiger partial charge in [0.2, 0.25) is 5.76 Å². The van der Waals surface area contributed by atoms with E-state index in [2.05, 4.69) is 20.3 Å². The molecule has 0 fully saturated rings. The normalized spacial score (nSPS) is 13.8. The standard InChI is InChI=1S/C13H20F3N3O3/c1-8(20)5-12(2,3)7-18-11(21)17-6-9-4-10(22-19-9)13(14,15)16/h4,8,20H,5-7H2,1-3H3,(H2,17,18,21)/t8-/m0/s1. The van der Waals surface area contributed by atoms with E-state index < -0.39 is 24.1 Å². The van der Waals surface area contributed by atoms with Crippen LogP contribution in [0.25, 0.3) is 0 Å². The molecule has 126 valence electrons. The number of hydrogen-bond donors (Lipinski definition) is 3. The highest BCUT2D eigenvalue weighted by Crippen LogP contribution is 2.29. The van der Waals surface area contributed by atoms with Crippen molar-refractivity contribution in [3.63, 3.8) is 0 Å². The Morgan fingerprint density at radius 2 is 2.05 bits per heavy atom. The fraction of sp³-hybridized carbons (Fsp3) is 0.692. The predicted molar refractivity (Wildman–Crippen MR) is 71.8 cm³/mol. The second-order valence-corrected chi connectivity index (χ2v) is 5.93. The minimum atomic E-state index is -4.60. The van der Waals surface area contributed by atoms with Crippen molar-refractivity contribution < 1.29 is 27.6 Å². The average molecular weight is 323 g/mol. The van der Waals surface area contributed by atoms with Crippen molar-refractivity contribution in [2.45, 2.75) is 46.0 Å². The van der Waals surface area contributed by atoms with E-state index in [4.69, 9.17) is 0 Å². The van der Waals surface area contributed by atoms with Crippen molar-refractivity contribution >= 4 is 6.03 Å². The number of aliphatic hydroxyl groups is 1. The minimum absolute atomic E-state index is 0.0225. The Kier molecular flexibility index (Phi) is 5.81. The van der Waals surface area contributed by atoms with Gasteiger partial charge in [0.05, 0.1) is 12.6 Å². The topological polar surface area (TPSA) is 87.4 Å². The van der Waals surface area contributed by atoms with E-state index in [0.29, 0.717) is 13.0 Å². The molecule has 1 rings (SSSR count). The van der Waals surface area contributed by atoms with Gasteiger partial charge in [-0.05, 0) is 18.8 Å². The third-order valence-electron chi connectivity index (χ3n) is 2.84. The van der Waals surface area contributed by atoms with Crippen molar-refractivity contribution in [3.8, 4) is 0 Å². The van der Waals surface area contributed by atoms with Crippen molar-refractivity contribution in [1.29, 1.82) is 0 Å². The van der Waals surface area contributed by atoms with Gasteiger partial charge in [-0.2, -0.15) is 13.2 Å². The van der Waals surface area contributed by atoms with Gasteiger partial charge in [-0.3, -0.25) is 0 Å². The van der Waals surface area contributed by atoms with Gasteiger partial charge in [-0.1, -0.05) is 19.0 Å². The van der Waals surface area contributed by atoms with Crippen LogP contribution in [0.2, 0.25) is 0 Å². The van der Waals surface area contributed by atoms with Crippen LogP contribution in [0.4, 0.5) is 18.0 Å². The van der Waals surface area contributed by atoms with Crippen LogP contribution in [0.1, 0.15) is 38.6 Å². The summed E-state index contributed by atoms with van der Waals surface area (Å²) in [5, 5.41) is 17.5. The molecule has 6 nitrogen and oxygen atoms in total. The number of hydrogen-bond acceptors (Lipinski definition) is 4. The Morgan fingerprint density at radius 1 is 1.41 bits per heavy atom. The highest BCUT2D eigenvalue weighted by Gasteiger charge is 2.36. The number of nitrogens with zero attached hydrogens (tertiary/aromatic N) is 1. The molecule has 1 atom stereocenters. The van der Waals surface area contributed by atoms with Gasteiger partial charge >= 0.3 is 12.2 Å². The van der Waals surface area contributed by atoms with Gasteiger partial charge < -0.3 is 20.3 Å². The molecule has 9 heteroatoms. The number of amides is 2. The van der Waals surface area contributed by atoms with E-state index >= 15 is 0 Å². The first-order valence-electron chi connectivity index (χ1n) is 6.72. The van der Waals surface area contributed by atoms with E-state index in [1.165, 1.54) is 0 Å². The van der Waals surface area contributed by atoms with Crippen molar-refractivity contribution in [3.05, 3.63) is 17.5 Å². The molecular formula is C13H20F3N3O3. The smallest absolute Gasteiger partial charge is 0.393 e. The van der Waals surface area contributed by atoms with Gasteiger partial charge in [-0.25, -0.2) is 4.79 Å². The zero-order valence-corrected chi connectivity index (χ0v) is 12.6. The highest BCUT2D eigenvalue weighted by molar-refractivity contribution is 5.73. The van der Waals surface area contributed by atoms with Gasteiger partial charge in [-0.15, -0.1) is 0 Å². The summed E-state index contributed by atoms with van der Waals surface area (Å²) in [6.07, 6.45) is -4.58. The summed E-state index contributed by atoms with van der Waals surface area (Å²) in [7, 11) is 0. The van der Waals surface area contributed by atoms with Crippen molar-refractivity contribution in [2.75, 3.05) is 6.54 Å². The number of urea groups is 1. The Hall–Kier alpha value is -1.77. The summed E-state index contributed by atoms with van der Waals surface area (Å²) in [5.41, 5.74) is -0.325. The third kappa shape index (κ3) is 6.33. The van der Waals surface area contributed by atoms with E-state index in [9.17, 15) is 23.1 Å². The SMILES string of the molecule is C[C@H](O)CC(C)(C)CNC(=O)NCc1cc(C(F)(F)F)on1. The maximum atomic E-state index is 12.3. The quantitative estimate of drug-likeness (QED) is 0.749. The van der Waals surface area contributed by atoms with Gasteiger partial charge in [0.15, 0.2) is 0 Å². The first-order valence-corrected chi connectivity index (χ1v) is 6.72. The first-order chi connectivity index (χ1) is 9.99. The monoisotopic (exact) mass is 323 g/mol. The molecule has 22 heavy (non-hydrogen) atoms. The van der Waals surface area contributed by atoms with E-state index in [1.807, 2.05) is 13.8 Å². The van der Waals surface area contributed by atoms with Crippen LogP contribution >= 0.6 is 0 Å². The molecule has 0 saturated heterocycles. The third-order valence-corrected chi connectivity index (χ3v) is 2.84. The van der Waals surface area contributed by atoms with Crippen molar-refractivity contribution in [2.24, 2.45) is 5.41 Å². The van der Waals surface area contributed by atoms with Crippen LogP contribution in [0.5, 0.6) is 0 Å². The fourth-order valence-electron chi connectivity index (χ4n) is 1.95. The van der Waals surface area contributed by atoms with E-state index in [1.54, 1.807) is 6.92 Å². The summed E-state index contributed by atoms with van der Waals surface area (Å²) in [5.74, 6) is -1.21. The zero-order chi connectivity index (χ0) is 17.0. The average Bonchev–Trinajstić information content (AvgIpc) is 2.81. The number of halogens is 3. The Labute approximate surface area is 126 Å². The largest absolute Gasteiger partial charge is 0.452 e. The van der Waals surface area contributed by atoms with Crippen LogP contribution in [0.3, 0.4) is 0 Å². The Balaban J connectivity index is 2.39. The molecule has 2 amide bonds. The molecule has 0 unspecified atom stereocenters. The number of carbonyl (C=O) groups excluding carboxylic acids is 1. The van der Waals surface area contributed by atoms with Crippen LogP contribution < -0.4 is 10.6 Å². The molecule has 0 aliphatic heterocycles. The van der Waals surface area contributed by atoms with Gasteiger partial charge in [0, 0.05) is 12.6 Å². The Bertz CT molecular complexity index is 498. The number of alkyl halides is 3. The summed E-state index contributed by atoms with van der Waals surface area (Å²) in [6, 6.07) is 0.202. The van der Waals surface area contributed by atoms with Crippen molar-refractivity contribution in [1.82, 2.24) is 15.8 Å². The molecule has 0 spiro atoms. The maximum Gasteiger partial charge on any atom is 0.452 e. The first kappa shape index (κ1) is 18.3. The molecule has 0 aliphatic carbocycles. The molecule has 1 aromatic heterocycles. The van der Waals surface area contributed by atoms with E-state index in [-0.39, 0.29) is 17.7 Å². The zero-order valence-electron chi connectivity index (χ0n) is 12.6.